The maximum atomic E-state index is 11.3. The summed E-state index contributed by atoms with van der Waals surface area (Å²) in [6.07, 6.45) is 2.23. The lowest BCUT2D eigenvalue weighted by Crippen LogP contribution is -2.36. The molecular weight excluding hydrogens is 220 g/mol. The van der Waals surface area contributed by atoms with Crippen molar-refractivity contribution in [3.63, 3.8) is 0 Å². The van der Waals surface area contributed by atoms with E-state index in [0.29, 0.717) is 18.3 Å². The normalized spacial score (nSPS) is 20.0. The Balaban J connectivity index is 2.06. The third-order valence-corrected chi connectivity index (χ3v) is 3.18. The number of hydrogen-bond acceptors (Lipinski definition) is 5. The van der Waals surface area contributed by atoms with Crippen molar-refractivity contribution in [2.45, 2.75) is 25.9 Å². The maximum absolute atomic E-state index is 11.3. The largest absolute Gasteiger partial charge is 0.502 e. The standard InChI is InChI=1S/C12H18N2O3/c1-2-14(9-3-4-13-6-9)7-10-5-11(15)12(16)8-17-10/h5,8-9,13,16H,2-4,6-7H2,1H3. The smallest absolute Gasteiger partial charge is 0.226 e. The van der Waals surface area contributed by atoms with Crippen molar-refractivity contribution in [2.75, 3.05) is 19.6 Å². The van der Waals surface area contributed by atoms with E-state index in [0.717, 1.165) is 32.3 Å². The van der Waals surface area contributed by atoms with Crippen LogP contribution in [-0.2, 0) is 6.54 Å². The monoisotopic (exact) mass is 238 g/mol. The van der Waals surface area contributed by atoms with Gasteiger partial charge >= 0.3 is 0 Å². The van der Waals surface area contributed by atoms with Crippen LogP contribution < -0.4 is 10.7 Å². The first-order valence-corrected chi connectivity index (χ1v) is 5.96. The van der Waals surface area contributed by atoms with Gasteiger partial charge in [0.25, 0.3) is 0 Å². The van der Waals surface area contributed by atoms with Crippen LogP contribution in [0.1, 0.15) is 19.1 Å². The molecule has 0 amide bonds. The Bertz CT molecular complexity index is 424. The fourth-order valence-corrected chi connectivity index (χ4v) is 2.18. The van der Waals surface area contributed by atoms with Crippen molar-refractivity contribution < 1.29 is 9.52 Å². The average molecular weight is 238 g/mol. The molecule has 0 bridgehead atoms. The highest BCUT2D eigenvalue weighted by molar-refractivity contribution is 5.15. The molecule has 5 nitrogen and oxygen atoms in total. The molecule has 0 saturated carbocycles. The van der Waals surface area contributed by atoms with Gasteiger partial charge in [0.2, 0.25) is 5.43 Å². The Morgan fingerprint density at radius 1 is 1.65 bits per heavy atom. The van der Waals surface area contributed by atoms with Crippen LogP contribution in [0.2, 0.25) is 0 Å². The van der Waals surface area contributed by atoms with E-state index < -0.39 is 0 Å². The van der Waals surface area contributed by atoms with Crippen LogP contribution >= 0.6 is 0 Å². The fraction of sp³-hybridized carbons (Fsp3) is 0.583. The van der Waals surface area contributed by atoms with Gasteiger partial charge in [0.1, 0.15) is 12.0 Å². The minimum Gasteiger partial charge on any atom is -0.502 e. The zero-order valence-corrected chi connectivity index (χ0v) is 9.98. The van der Waals surface area contributed by atoms with E-state index in [4.69, 9.17) is 9.52 Å². The number of nitrogens with zero attached hydrogens (tertiary/aromatic N) is 1. The fourth-order valence-electron chi connectivity index (χ4n) is 2.18. The van der Waals surface area contributed by atoms with E-state index in [-0.39, 0.29) is 11.2 Å². The summed E-state index contributed by atoms with van der Waals surface area (Å²) in [5, 5.41) is 12.4. The van der Waals surface area contributed by atoms with Crippen LogP contribution in [0.5, 0.6) is 5.75 Å². The van der Waals surface area contributed by atoms with Gasteiger partial charge in [-0.25, -0.2) is 0 Å². The molecule has 2 rings (SSSR count). The predicted molar refractivity (Wildman–Crippen MR) is 64.0 cm³/mol. The molecule has 94 valence electrons. The molecule has 1 aliphatic rings. The van der Waals surface area contributed by atoms with Gasteiger partial charge in [-0.05, 0) is 19.5 Å². The van der Waals surface area contributed by atoms with Gasteiger partial charge in [0.15, 0.2) is 5.75 Å². The summed E-state index contributed by atoms with van der Waals surface area (Å²) in [6.45, 7) is 5.64. The maximum Gasteiger partial charge on any atom is 0.226 e. The molecule has 2 heterocycles. The molecule has 0 spiro atoms. The molecule has 0 aliphatic carbocycles. The van der Waals surface area contributed by atoms with Gasteiger partial charge in [-0.3, -0.25) is 9.69 Å². The first kappa shape index (κ1) is 12.1. The van der Waals surface area contributed by atoms with E-state index in [2.05, 4.69) is 17.1 Å². The average Bonchev–Trinajstić information content (AvgIpc) is 2.84. The van der Waals surface area contributed by atoms with Crippen molar-refractivity contribution in [3.05, 3.63) is 28.3 Å². The summed E-state index contributed by atoms with van der Waals surface area (Å²) in [5.41, 5.74) is -0.383. The third kappa shape index (κ3) is 2.87. The van der Waals surface area contributed by atoms with Crippen LogP contribution in [0.25, 0.3) is 0 Å². The summed E-state index contributed by atoms with van der Waals surface area (Å²) in [7, 11) is 0. The van der Waals surface area contributed by atoms with Crippen molar-refractivity contribution in [1.82, 2.24) is 10.2 Å². The molecule has 1 saturated heterocycles. The molecule has 5 heteroatoms. The number of likely N-dealkylation sites (N-methyl/N-ethyl adjacent to an activating group) is 1. The van der Waals surface area contributed by atoms with E-state index in [1.807, 2.05) is 0 Å². The molecule has 0 aromatic carbocycles. The molecular formula is C12H18N2O3. The van der Waals surface area contributed by atoms with Gasteiger partial charge in [-0.2, -0.15) is 0 Å². The third-order valence-electron chi connectivity index (χ3n) is 3.18. The predicted octanol–water partition coefficient (Wildman–Crippen LogP) is 0.529. The lowest BCUT2D eigenvalue weighted by atomic mass is 10.2. The minimum absolute atomic E-state index is 0.334. The topological polar surface area (TPSA) is 65.7 Å². The molecule has 1 atom stereocenters. The zero-order valence-electron chi connectivity index (χ0n) is 9.98. The van der Waals surface area contributed by atoms with Crippen LogP contribution in [-0.4, -0.2) is 35.7 Å². The second-order valence-electron chi connectivity index (χ2n) is 4.31. The van der Waals surface area contributed by atoms with E-state index in [1.54, 1.807) is 0 Å². The summed E-state index contributed by atoms with van der Waals surface area (Å²) in [5.74, 6) is 0.265. The lowest BCUT2D eigenvalue weighted by Gasteiger charge is -2.25. The summed E-state index contributed by atoms with van der Waals surface area (Å²) < 4.78 is 5.22. The highest BCUT2D eigenvalue weighted by Crippen LogP contribution is 2.13. The van der Waals surface area contributed by atoms with Crippen LogP contribution in [0.4, 0.5) is 0 Å². The molecule has 2 N–H and O–H groups in total. The minimum atomic E-state index is -0.383. The van der Waals surface area contributed by atoms with Gasteiger partial charge < -0.3 is 14.8 Å². The van der Waals surface area contributed by atoms with Crippen LogP contribution in [0.3, 0.4) is 0 Å². The summed E-state index contributed by atoms with van der Waals surface area (Å²) in [6, 6.07) is 1.86. The van der Waals surface area contributed by atoms with E-state index in [1.165, 1.54) is 6.07 Å². The highest BCUT2D eigenvalue weighted by atomic mass is 16.4. The molecule has 1 fully saturated rings. The van der Waals surface area contributed by atoms with Gasteiger partial charge in [-0.1, -0.05) is 6.92 Å². The SMILES string of the molecule is CCN(Cc1cc(=O)c(O)co1)C1CCNC1. The molecule has 1 aromatic rings. The van der Waals surface area contributed by atoms with Crippen molar-refractivity contribution in [2.24, 2.45) is 0 Å². The molecule has 1 aromatic heterocycles. The number of nitrogens with one attached hydrogen (secondary N) is 1. The van der Waals surface area contributed by atoms with Crippen molar-refractivity contribution in [1.29, 1.82) is 0 Å². The van der Waals surface area contributed by atoms with Gasteiger partial charge in [0.05, 0.1) is 6.54 Å². The van der Waals surface area contributed by atoms with Gasteiger partial charge in [0, 0.05) is 18.7 Å². The Morgan fingerprint density at radius 2 is 2.47 bits per heavy atom. The lowest BCUT2D eigenvalue weighted by molar-refractivity contribution is 0.192. The van der Waals surface area contributed by atoms with Crippen molar-refractivity contribution in [3.8, 4) is 5.75 Å². The Labute approximate surface area is 100 Å². The number of aromatic hydroxyl groups is 1. The Kier molecular flexibility index (Phi) is 3.81. The van der Waals surface area contributed by atoms with E-state index in [9.17, 15) is 4.79 Å². The molecule has 0 radical (unpaired) electrons. The molecule has 17 heavy (non-hydrogen) atoms. The summed E-state index contributed by atoms with van der Waals surface area (Å²) in [4.78, 5) is 13.6. The van der Waals surface area contributed by atoms with Gasteiger partial charge in [-0.15, -0.1) is 0 Å². The van der Waals surface area contributed by atoms with Crippen LogP contribution in [0, 0.1) is 0 Å². The number of hydrogen-bond donors (Lipinski definition) is 2. The second-order valence-corrected chi connectivity index (χ2v) is 4.31. The quantitative estimate of drug-likeness (QED) is 0.801. The Morgan fingerprint density at radius 3 is 3.06 bits per heavy atom. The Hall–Kier alpha value is -1.33. The highest BCUT2D eigenvalue weighted by Gasteiger charge is 2.21. The van der Waals surface area contributed by atoms with Crippen LogP contribution in [0.15, 0.2) is 21.5 Å². The second kappa shape index (κ2) is 5.33. The number of rotatable bonds is 4. The molecule has 1 aliphatic heterocycles. The first-order valence-electron chi connectivity index (χ1n) is 5.96. The van der Waals surface area contributed by atoms with E-state index >= 15 is 0 Å². The summed E-state index contributed by atoms with van der Waals surface area (Å²) >= 11 is 0. The van der Waals surface area contributed by atoms with Crippen molar-refractivity contribution >= 4 is 0 Å². The molecule has 1 unspecified atom stereocenters. The zero-order chi connectivity index (χ0) is 12.3. The first-order chi connectivity index (χ1) is 8.20.